The number of hydrogen-bond acceptors (Lipinski definition) is 6. The van der Waals surface area contributed by atoms with Crippen molar-refractivity contribution >= 4 is 30.6 Å². The van der Waals surface area contributed by atoms with Crippen LogP contribution in [-0.4, -0.2) is 34.3 Å². The Kier molecular flexibility index (Phi) is 6.76. The highest BCUT2D eigenvalue weighted by molar-refractivity contribution is 7.91. The van der Waals surface area contributed by atoms with Crippen LogP contribution in [0.4, 0.5) is 0 Å². The fourth-order valence-electron chi connectivity index (χ4n) is 4.59. The fraction of sp³-hybridized carbons (Fsp3) is 0.161. The predicted molar refractivity (Wildman–Crippen MR) is 158 cm³/mol. The second-order valence-corrected chi connectivity index (χ2v) is 15.0. The van der Waals surface area contributed by atoms with Crippen molar-refractivity contribution in [3.05, 3.63) is 108 Å². The Hall–Kier alpha value is -4.08. The van der Waals surface area contributed by atoms with Crippen LogP contribution in [0.3, 0.4) is 0 Å². The lowest BCUT2D eigenvalue weighted by molar-refractivity contribution is -0.593. The van der Waals surface area contributed by atoms with Crippen LogP contribution in [0.1, 0.15) is 19.4 Å². The summed E-state index contributed by atoms with van der Waals surface area (Å²) in [6, 6.07) is 24.9. The first-order valence-electron chi connectivity index (χ1n) is 12.5. The first kappa shape index (κ1) is 27.5. The van der Waals surface area contributed by atoms with Crippen molar-refractivity contribution in [3.8, 4) is 33.5 Å². The van der Waals surface area contributed by atoms with Gasteiger partial charge < -0.3 is 5.21 Å². The van der Waals surface area contributed by atoms with Crippen LogP contribution in [0.25, 0.3) is 44.4 Å². The standard InChI is InChI=1S/C31H28N2O5S2/c1-31(2,40(4,37)38)26-18-24-9-6-16-32-30(24)28(19-26)23-8-5-7-22(17-23)25-12-15-29(33(34)20-25)21-10-13-27(14-11-21)39(3,35)36/h5-20H,1-4H3. The van der Waals surface area contributed by atoms with E-state index < -0.39 is 24.4 Å². The fourth-order valence-corrected chi connectivity index (χ4v) is 5.77. The molecule has 0 fully saturated rings. The summed E-state index contributed by atoms with van der Waals surface area (Å²) in [6.07, 6.45) is 5.57. The number of benzene rings is 3. The molecule has 5 aromatic rings. The van der Waals surface area contributed by atoms with E-state index in [0.717, 1.165) is 38.6 Å². The zero-order valence-electron chi connectivity index (χ0n) is 22.5. The van der Waals surface area contributed by atoms with Gasteiger partial charge in [-0.05, 0) is 85.1 Å². The quantitative estimate of drug-likeness (QED) is 0.195. The molecule has 2 aromatic heterocycles. The third kappa shape index (κ3) is 5.10. The predicted octanol–water partition coefficient (Wildman–Crippen LogP) is 5.55. The zero-order valence-corrected chi connectivity index (χ0v) is 24.1. The number of hydrogen-bond donors (Lipinski definition) is 0. The summed E-state index contributed by atoms with van der Waals surface area (Å²) in [6.45, 7) is 3.40. The van der Waals surface area contributed by atoms with Crippen LogP contribution >= 0.6 is 0 Å². The molecule has 0 radical (unpaired) electrons. The Bertz CT molecular complexity index is 1980. The van der Waals surface area contributed by atoms with Crippen molar-refractivity contribution in [3.63, 3.8) is 0 Å². The molecule has 40 heavy (non-hydrogen) atoms. The van der Waals surface area contributed by atoms with E-state index >= 15 is 0 Å². The summed E-state index contributed by atoms with van der Waals surface area (Å²) in [5.74, 6) is 0. The highest BCUT2D eigenvalue weighted by Gasteiger charge is 2.33. The average Bonchev–Trinajstić information content (AvgIpc) is 2.91. The molecule has 5 rings (SSSR count). The lowest BCUT2D eigenvalue weighted by Crippen LogP contribution is -2.28. The summed E-state index contributed by atoms with van der Waals surface area (Å²) < 4.78 is 48.4. The van der Waals surface area contributed by atoms with Gasteiger partial charge in [0.05, 0.1) is 15.2 Å². The van der Waals surface area contributed by atoms with Crippen molar-refractivity contribution in [1.29, 1.82) is 0 Å². The molecule has 0 aliphatic carbocycles. The second kappa shape index (κ2) is 9.83. The van der Waals surface area contributed by atoms with Crippen LogP contribution in [0.2, 0.25) is 0 Å². The number of pyridine rings is 2. The van der Waals surface area contributed by atoms with Crippen molar-refractivity contribution in [2.45, 2.75) is 23.5 Å². The van der Waals surface area contributed by atoms with Gasteiger partial charge in [-0.3, -0.25) is 4.98 Å². The van der Waals surface area contributed by atoms with Crippen molar-refractivity contribution < 1.29 is 21.6 Å². The van der Waals surface area contributed by atoms with Crippen LogP contribution in [0.5, 0.6) is 0 Å². The van der Waals surface area contributed by atoms with E-state index in [1.807, 2.05) is 54.6 Å². The van der Waals surface area contributed by atoms with E-state index in [2.05, 4.69) is 4.98 Å². The molecule has 7 nitrogen and oxygen atoms in total. The third-order valence-corrected chi connectivity index (χ3v) is 10.5. The van der Waals surface area contributed by atoms with Crippen LogP contribution < -0.4 is 4.73 Å². The van der Waals surface area contributed by atoms with Crippen LogP contribution in [0.15, 0.2) is 102 Å². The Morgan fingerprint density at radius 2 is 1.43 bits per heavy atom. The number of sulfone groups is 2. The molecule has 2 heterocycles. The average molecular weight is 573 g/mol. The maximum Gasteiger partial charge on any atom is 0.223 e. The van der Waals surface area contributed by atoms with Gasteiger partial charge in [-0.15, -0.1) is 0 Å². The molecular formula is C31H28N2O5S2. The maximum absolute atomic E-state index is 13.0. The highest BCUT2D eigenvalue weighted by atomic mass is 32.2. The van der Waals surface area contributed by atoms with E-state index in [1.165, 1.54) is 24.6 Å². The van der Waals surface area contributed by atoms with Gasteiger partial charge in [0.2, 0.25) is 5.69 Å². The Balaban J connectivity index is 1.58. The summed E-state index contributed by atoms with van der Waals surface area (Å²) in [4.78, 5) is 4.77. The number of fused-ring (bicyclic) bond motifs is 1. The largest absolute Gasteiger partial charge is 0.618 e. The van der Waals surface area contributed by atoms with Crippen molar-refractivity contribution in [2.75, 3.05) is 12.5 Å². The van der Waals surface area contributed by atoms with Gasteiger partial charge in [-0.2, -0.15) is 4.73 Å². The minimum absolute atomic E-state index is 0.188. The maximum atomic E-state index is 13.0. The molecule has 0 atom stereocenters. The molecule has 0 spiro atoms. The lowest BCUT2D eigenvalue weighted by Gasteiger charge is -2.24. The van der Waals surface area contributed by atoms with Crippen LogP contribution in [0, 0.1) is 5.21 Å². The summed E-state index contributed by atoms with van der Waals surface area (Å²) in [5.41, 5.74) is 5.54. The third-order valence-electron chi connectivity index (χ3n) is 7.33. The molecular weight excluding hydrogens is 544 g/mol. The molecule has 3 aromatic carbocycles. The lowest BCUT2D eigenvalue weighted by atomic mass is 9.92. The SMILES string of the molecule is CC(C)(c1cc(-c2cccc(-c3ccc(-c4ccc(S(C)(=O)=O)cc4)[n+]([O-])c3)c2)c2ncccc2c1)S(C)(=O)=O. The highest BCUT2D eigenvalue weighted by Crippen LogP contribution is 2.37. The molecule has 204 valence electrons. The Morgan fingerprint density at radius 3 is 2.08 bits per heavy atom. The minimum Gasteiger partial charge on any atom is -0.618 e. The van der Waals surface area contributed by atoms with Crippen LogP contribution in [-0.2, 0) is 24.4 Å². The molecule has 9 heteroatoms. The summed E-state index contributed by atoms with van der Waals surface area (Å²) >= 11 is 0. The van der Waals surface area contributed by atoms with Gasteiger partial charge in [-0.25, -0.2) is 16.8 Å². The monoisotopic (exact) mass is 572 g/mol. The molecule has 0 N–H and O–H groups in total. The van der Waals surface area contributed by atoms with E-state index in [-0.39, 0.29) is 4.90 Å². The van der Waals surface area contributed by atoms with Gasteiger partial charge in [0.15, 0.2) is 25.9 Å². The Morgan fingerprint density at radius 1 is 0.750 bits per heavy atom. The molecule has 0 unspecified atom stereocenters. The van der Waals surface area contributed by atoms with Gasteiger partial charge in [0, 0.05) is 46.9 Å². The van der Waals surface area contributed by atoms with E-state index in [4.69, 9.17) is 0 Å². The topological polar surface area (TPSA) is 108 Å². The summed E-state index contributed by atoms with van der Waals surface area (Å²) in [7, 11) is -6.74. The van der Waals surface area contributed by atoms with E-state index in [9.17, 15) is 22.0 Å². The molecule has 0 saturated carbocycles. The number of aromatic nitrogens is 2. The van der Waals surface area contributed by atoms with Crippen molar-refractivity contribution in [1.82, 2.24) is 4.98 Å². The van der Waals surface area contributed by atoms with Crippen molar-refractivity contribution in [2.24, 2.45) is 0 Å². The molecule has 0 amide bonds. The van der Waals surface area contributed by atoms with Gasteiger partial charge in [-0.1, -0.05) is 24.3 Å². The molecule has 0 saturated heterocycles. The van der Waals surface area contributed by atoms with Gasteiger partial charge >= 0.3 is 0 Å². The molecule has 0 aliphatic rings. The van der Waals surface area contributed by atoms with E-state index in [1.54, 1.807) is 38.2 Å². The number of nitrogens with zero attached hydrogens (tertiary/aromatic N) is 2. The molecule has 0 aliphatic heterocycles. The summed E-state index contributed by atoms with van der Waals surface area (Å²) in [5, 5.41) is 13.8. The number of rotatable bonds is 6. The normalized spacial score (nSPS) is 12.5. The first-order chi connectivity index (χ1) is 18.8. The van der Waals surface area contributed by atoms with Gasteiger partial charge in [0.25, 0.3) is 0 Å². The zero-order chi connectivity index (χ0) is 28.9. The molecule has 0 bridgehead atoms. The Labute approximate surface area is 234 Å². The minimum atomic E-state index is -3.40. The van der Waals surface area contributed by atoms with Gasteiger partial charge in [0.1, 0.15) is 0 Å². The smallest absolute Gasteiger partial charge is 0.223 e. The van der Waals surface area contributed by atoms with E-state index in [0.29, 0.717) is 22.4 Å². The second-order valence-electron chi connectivity index (χ2n) is 10.4. The first-order valence-corrected chi connectivity index (χ1v) is 16.3.